The Kier molecular flexibility index (Phi) is 4.12. The first kappa shape index (κ1) is 7.68. The number of carbonyl (C=O) groups excluding carboxylic acids is 2. The van der Waals surface area contributed by atoms with E-state index in [9.17, 15) is 9.59 Å². The molecule has 0 saturated carbocycles. The average molecular weight is 129 g/mol. The number of hydrogen-bond acceptors (Lipinski definition) is 3. The lowest BCUT2D eigenvalue weighted by Gasteiger charge is -1.92. The van der Waals surface area contributed by atoms with Crippen LogP contribution in [-0.2, 0) is 14.4 Å². The quantitative estimate of drug-likeness (QED) is 0.325. The molecule has 0 unspecified atom stereocenters. The molecule has 0 bridgehead atoms. The van der Waals surface area contributed by atoms with Gasteiger partial charge in [-0.05, 0) is 6.92 Å². The molecule has 0 atom stereocenters. The van der Waals surface area contributed by atoms with Gasteiger partial charge >= 0.3 is 5.97 Å². The van der Waals surface area contributed by atoms with Crippen LogP contribution < -0.4 is 5.48 Å². The minimum atomic E-state index is -0.593. The summed E-state index contributed by atoms with van der Waals surface area (Å²) in [5.74, 6) is -0.593. The molecule has 4 heteroatoms. The van der Waals surface area contributed by atoms with Crippen molar-refractivity contribution in [1.82, 2.24) is 5.48 Å². The number of hydroxylamine groups is 1. The zero-order valence-electron chi connectivity index (χ0n) is 4.96. The Morgan fingerprint density at radius 3 is 2.78 bits per heavy atom. The summed E-state index contributed by atoms with van der Waals surface area (Å²) in [5, 5.41) is 0. The van der Waals surface area contributed by atoms with Crippen molar-refractivity contribution in [3.05, 3.63) is 12.2 Å². The van der Waals surface area contributed by atoms with Crippen LogP contribution in [0.3, 0.4) is 0 Å². The molecule has 0 radical (unpaired) electrons. The van der Waals surface area contributed by atoms with E-state index in [1.165, 1.54) is 12.2 Å². The maximum Gasteiger partial charge on any atom is 0.355 e. The molecule has 0 spiro atoms. The maximum absolute atomic E-state index is 10.3. The lowest BCUT2D eigenvalue weighted by atomic mass is 10.5. The van der Waals surface area contributed by atoms with Crippen molar-refractivity contribution in [2.45, 2.75) is 6.92 Å². The normalized spacial score (nSPS) is 9.00. The van der Waals surface area contributed by atoms with E-state index in [0.29, 0.717) is 0 Å². The Hall–Kier alpha value is -1.32. The Bertz CT molecular complexity index is 130. The summed E-state index contributed by atoms with van der Waals surface area (Å²) in [4.78, 5) is 23.9. The monoisotopic (exact) mass is 129 g/mol. The molecular formula is C5H7NO3. The Balaban J connectivity index is 3.38. The highest BCUT2D eigenvalue weighted by atomic mass is 16.7. The molecule has 0 saturated heterocycles. The fourth-order valence-corrected chi connectivity index (χ4v) is 0.252. The number of rotatable bonds is 3. The van der Waals surface area contributed by atoms with Gasteiger partial charge in [-0.2, -0.15) is 5.48 Å². The Morgan fingerprint density at radius 1 is 1.67 bits per heavy atom. The third kappa shape index (κ3) is 4.53. The van der Waals surface area contributed by atoms with Gasteiger partial charge in [0.25, 0.3) is 0 Å². The average Bonchev–Trinajstić information content (AvgIpc) is 1.85. The van der Waals surface area contributed by atoms with Crippen molar-refractivity contribution in [2.75, 3.05) is 0 Å². The molecule has 0 aliphatic carbocycles. The van der Waals surface area contributed by atoms with Crippen LogP contribution in [-0.4, -0.2) is 12.4 Å². The van der Waals surface area contributed by atoms with Crippen LogP contribution in [0, 0.1) is 0 Å². The van der Waals surface area contributed by atoms with E-state index in [1.807, 2.05) is 0 Å². The number of amides is 1. The van der Waals surface area contributed by atoms with Crippen LogP contribution in [0.5, 0.6) is 0 Å². The van der Waals surface area contributed by atoms with Gasteiger partial charge in [-0.1, -0.05) is 6.08 Å². The first-order valence-corrected chi connectivity index (χ1v) is 2.34. The van der Waals surface area contributed by atoms with Crippen LogP contribution in [0.2, 0.25) is 0 Å². The van der Waals surface area contributed by atoms with Crippen LogP contribution in [0.15, 0.2) is 12.2 Å². The summed E-state index contributed by atoms with van der Waals surface area (Å²) < 4.78 is 0. The highest BCUT2D eigenvalue weighted by Gasteiger charge is 1.90. The molecule has 0 heterocycles. The molecular weight excluding hydrogens is 122 g/mol. The van der Waals surface area contributed by atoms with Crippen LogP contribution in [0.4, 0.5) is 0 Å². The minimum Gasteiger partial charge on any atom is -0.336 e. The second kappa shape index (κ2) is 4.83. The molecule has 0 aromatic rings. The summed E-state index contributed by atoms with van der Waals surface area (Å²) in [6.45, 7) is 1.67. The van der Waals surface area contributed by atoms with Crippen molar-refractivity contribution >= 4 is 12.4 Å². The smallest absolute Gasteiger partial charge is 0.336 e. The highest BCUT2D eigenvalue weighted by Crippen LogP contribution is 1.74. The molecule has 9 heavy (non-hydrogen) atoms. The topological polar surface area (TPSA) is 55.4 Å². The van der Waals surface area contributed by atoms with Gasteiger partial charge in [0.1, 0.15) is 0 Å². The molecule has 1 amide bonds. The predicted octanol–water partition coefficient (Wildman–Crippen LogP) is -0.233. The second-order valence-electron chi connectivity index (χ2n) is 1.16. The first-order valence-electron chi connectivity index (χ1n) is 2.34. The number of allylic oxidation sites excluding steroid dienone is 1. The summed E-state index contributed by atoms with van der Waals surface area (Å²) in [6.07, 6.45) is 2.98. The zero-order chi connectivity index (χ0) is 7.11. The molecule has 0 fully saturated rings. The Labute approximate surface area is 52.4 Å². The second-order valence-corrected chi connectivity index (χ2v) is 1.16. The minimum absolute atomic E-state index is 0.279. The van der Waals surface area contributed by atoms with Gasteiger partial charge in [-0.15, -0.1) is 0 Å². The largest absolute Gasteiger partial charge is 0.355 e. The number of carbonyl (C=O) groups is 2. The van der Waals surface area contributed by atoms with Gasteiger partial charge in [0, 0.05) is 6.08 Å². The number of hydrogen-bond donors (Lipinski definition) is 1. The Morgan fingerprint density at radius 2 is 2.33 bits per heavy atom. The molecule has 4 nitrogen and oxygen atoms in total. The van der Waals surface area contributed by atoms with Crippen molar-refractivity contribution in [3.63, 3.8) is 0 Å². The number of nitrogens with one attached hydrogen (secondary N) is 1. The van der Waals surface area contributed by atoms with Crippen molar-refractivity contribution in [3.8, 4) is 0 Å². The standard InChI is InChI=1S/C5H7NO3/c1-2-3-5(8)9-6-4-7/h2-4H,1H3,(H,6,7). The molecule has 50 valence electrons. The molecule has 0 aliphatic rings. The van der Waals surface area contributed by atoms with Gasteiger partial charge in [-0.3, -0.25) is 4.79 Å². The lowest BCUT2D eigenvalue weighted by molar-refractivity contribution is -0.149. The molecule has 0 aromatic heterocycles. The van der Waals surface area contributed by atoms with Gasteiger partial charge < -0.3 is 4.84 Å². The van der Waals surface area contributed by atoms with Crippen molar-refractivity contribution in [2.24, 2.45) is 0 Å². The summed E-state index contributed by atoms with van der Waals surface area (Å²) >= 11 is 0. The fourth-order valence-electron chi connectivity index (χ4n) is 0.252. The van der Waals surface area contributed by atoms with E-state index in [-0.39, 0.29) is 6.41 Å². The molecule has 0 rings (SSSR count). The van der Waals surface area contributed by atoms with E-state index in [1.54, 1.807) is 12.4 Å². The van der Waals surface area contributed by atoms with E-state index in [0.717, 1.165) is 0 Å². The van der Waals surface area contributed by atoms with Gasteiger partial charge in [0.2, 0.25) is 6.41 Å². The summed E-state index contributed by atoms with van der Waals surface area (Å²) in [6, 6.07) is 0. The van der Waals surface area contributed by atoms with Gasteiger partial charge in [0.15, 0.2) is 0 Å². The third-order valence-electron chi connectivity index (χ3n) is 0.510. The maximum atomic E-state index is 10.3. The van der Waals surface area contributed by atoms with E-state index in [2.05, 4.69) is 4.84 Å². The fraction of sp³-hybridized carbons (Fsp3) is 0.200. The SMILES string of the molecule is CC=CC(=O)ONC=O. The lowest BCUT2D eigenvalue weighted by Crippen LogP contribution is -2.15. The summed E-state index contributed by atoms with van der Waals surface area (Å²) in [7, 11) is 0. The van der Waals surface area contributed by atoms with Crippen LogP contribution in [0.1, 0.15) is 6.92 Å². The van der Waals surface area contributed by atoms with Crippen LogP contribution >= 0.6 is 0 Å². The zero-order valence-corrected chi connectivity index (χ0v) is 4.96. The molecule has 1 N–H and O–H groups in total. The van der Waals surface area contributed by atoms with Gasteiger partial charge in [0.05, 0.1) is 0 Å². The molecule has 0 aliphatic heterocycles. The van der Waals surface area contributed by atoms with E-state index in [4.69, 9.17) is 0 Å². The highest BCUT2D eigenvalue weighted by molar-refractivity contribution is 5.82. The summed E-state index contributed by atoms with van der Waals surface area (Å²) in [5.41, 5.74) is 1.75. The third-order valence-corrected chi connectivity index (χ3v) is 0.510. The van der Waals surface area contributed by atoms with E-state index < -0.39 is 5.97 Å². The first-order chi connectivity index (χ1) is 4.31. The predicted molar refractivity (Wildman–Crippen MR) is 30.1 cm³/mol. The van der Waals surface area contributed by atoms with Crippen molar-refractivity contribution in [1.29, 1.82) is 0 Å². The van der Waals surface area contributed by atoms with Crippen molar-refractivity contribution < 1.29 is 14.4 Å². The van der Waals surface area contributed by atoms with Crippen LogP contribution in [0.25, 0.3) is 0 Å². The van der Waals surface area contributed by atoms with Gasteiger partial charge in [-0.25, -0.2) is 4.79 Å². The van der Waals surface area contributed by atoms with E-state index >= 15 is 0 Å². The molecule has 0 aromatic carbocycles.